The zero-order valence-electron chi connectivity index (χ0n) is 18.5. The van der Waals surface area contributed by atoms with E-state index in [4.69, 9.17) is 4.74 Å². The van der Waals surface area contributed by atoms with Crippen molar-refractivity contribution in [2.75, 3.05) is 13.7 Å². The number of rotatable bonds is 9. The fourth-order valence-corrected chi connectivity index (χ4v) is 5.71. The molecule has 0 aromatic heterocycles. The van der Waals surface area contributed by atoms with Crippen molar-refractivity contribution in [1.29, 1.82) is 0 Å². The second-order valence-corrected chi connectivity index (χ2v) is 9.75. The van der Waals surface area contributed by atoms with Gasteiger partial charge in [-0.25, -0.2) is 8.93 Å². The highest BCUT2D eigenvalue weighted by molar-refractivity contribution is 7.77. The lowest BCUT2D eigenvalue weighted by atomic mass is 9.75. The Kier molecular flexibility index (Phi) is 7.14. The molecule has 5 nitrogen and oxygen atoms in total. The lowest BCUT2D eigenvalue weighted by Crippen LogP contribution is -2.52. The van der Waals surface area contributed by atoms with Crippen molar-refractivity contribution in [3.8, 4) is 5.75 Å². The minimum absolute atomic E-state index is 0.0356. The number of alkyl halides is 3. The summed E-state index contributed by atoms with van der Waals surface area (Å²) in [7, 11) is 1.88. The van der Waals surface area contributed by atoms with E-state index in [0.29, 0.717) is 30.8 Å². The molecule has 33 heavy (non-hydrogen) atoms. The molecule has 180 valence electrons. The minimum Gasteiger partial charge on any atom is -0.494 e. The Bertz CT molecular complexity index is 1010. The molecule has 0 spiro atoms. The third-order valence-electron chi connectivity index (χ3n) is 6.99. The van der Waals surface area contributed by atoms with Crippen molar-refractivity contribution in [3.05, 3.63) is 64.7 Å². The van der Waals surface area contributed by atoms with Crippen LogP contribution in [0.2, 0.25) is 0 Å². The molecule has 2 aromatic rings. The van der Waals surface area contributed by atoms with Crippen molar-refractivity contribution < 1.29 is 26.7 Å². The molecule has 2 aliphatic rings. The zero-order valence-corrected chi connectivity index (χ0v) is 19.3. The minimum atomic E-state index is -4.36. The molecule has 0 aliphatic heterocycles. The van der Waals surface area contributed by atoms with E-state index in [9.17, 15) is 21.9 Å². The van der Waals surface area contributed by atoms with Gasteiger partial charge in [-0.05, 0) is 74.0 Å². The summed E-state index contributed by atoms with van der Waals surface area (Å²) in [6, 6.07) is 11.6. The highest BCUT2D eigenvalue weighted by Crippen LogP contribution is 2.39. The van der Waals surface area contributed by atoms with E-state index in [1.54, 1.807) is 6.07 Å². The summed E-state index contributed by atoms with van der Waals surface area (Å²) < 4.78 is 68.6. The van der Waals surface area contributed by atoms with Crippen molar-refractivity contribution in [1.82, 2.24) is 10.0 Å². The van der Waals surface area contributed by atoms with Crippen LogP contribution in [0, 0.1) is 0 Å². The fourth-order valence-electron chi connectivity index (χ4n) is 5.03. The van der Waals surface area contributed by atoms with Gasteiger partial charge in [-0.3, -0.25) is 4.55 Å². The highest BCUT2D eigenvalue weighted by atomic mass is 32.2. The van der Waals surface area contributed by atoms with Crippen LogP contribution >= 0.6 is 0 Å². The first-order valence-electron chi connectivity index (χ1n) is 11.2. The predicted octanol–water partition coefficient (Wildman–Crippen LogP) is 4.59. The van der Waals surface area contributed by atoms with E-state index in [0.717, 1.165) is 37.3 Å². The number of hydrogen-bond acceptors (Lipinski definition) is 3. The largest absolute Gasteiger partial charge is 0.494 e. The van der Waals surface area contributed by atoms with Crippen LogP contribution in [0.5, 0.6) is 5.75 Å². The Morgan fingerprint density at radius 1 is 1.21 bits per heavy atom. The summed E-state index contributed by atoms with van der Waals surface area (Å²) in [4.78, 5) is 0. The van der Waals surface area contributed by atoms with Gasteiger partial charge in [-0.15, -0.1) is 0 Å². The first-order valence-corrected chi connectivity index (χ1v) is 12.3. The van der Waals surface area contributed by atoms with Crippen LogP contribution in [0.3, 0.4) is 0 Å². The maximum atomic E-state index is 13.2. The molecule has 4 rings (SSSR count). The Morgan fingerprint density at radius 2 is 2.00 bits per heavy atom. The van der Waals surface area contributed by atoms with Crippen LogP contribution in [0.25, 0.3) is 0 Å². The lowest BCUT2D eigenvalue weighted by molar-refractivity contribution is -0.137. The molecule has 9 heteroatoms. The van der Waals surface area contributed by atoms with Gasteiger partial charge in [0.2, 0.25) is 11.3 Å². The molecule has 0 amide bonds. The standard InChI is InChI=1S/C24H29F3N2O3S/c1-28-22-14-17-6-7-19(32-11-10-23(8-3-9-23)29-33(30)31)15-20(17)21(22)13-16-4-2-5-18(12-16)24(25,26)27/h2,4-7,12,15,21-22,28-29H,3,8-11,13-14H2,1H3,(H,30,31). The van der Waals surface area contributed by atoms with Crippen molar-refractivity contribution in [2.24, 2.45) is 0 Å². The van der Waals surface area contributed by atoms with E-state index >= 15 is 0 Å². The Hall–Kier alpha value is -1.94. The van der Waals surface area contributed by atoms with Gasteiger partial charge in [0.25, 0.3) is 0 Å². The van der Waals surface area contributed by atoms with Gasteiger partial charge < -0.3 is 10.1 Å². The van der Waals surface area contributed by atoms with Crippen LogP contribution in [-0.4, -0.2) is 34.0 Å². The molecule has 3 N–H and O–H groups in total. The number of halogens is 3. The van der Waals surface area contributed by atoms with Gasteiger partial charge >= 0.3 is 6.18 Å². The van der Waals surface area contributed by atoms with Crippen molar-refractivity contribution in [2.45, 2.75) is 62.2 Å². The number of benzene rings is 2. The summed E-state index contributed by atoms with van der Waals surface area (Å²) >= 11 is -2.05. The van der Waals surface area contributed by atoms with Crippen molar-refractivity contribution >= 4 is 11.3 Å². The maximum absolute atomic E-state index is 13.2. The number of ether oxygens (including phenoxy) is 1. The van der Waals surface area contributed by atoms with E-state index in [2.05, 4.69) is 10.0 Å². The van der Waals surface area contributed by atoms with Gasteiger partial charge in [0.15, 0.2) is 0 Å². The molecular formula is C24H29F3N2O3S. The average Bonchev–Trinajstić information content (AvgIpc) is 3.08. The molecular weight excluding hydrogens is 453 g/mol. The molecule has 0 bridgehead atoms. The van der Waals surface area contributed by atoms with Crippen LogP contribution in [0.15, 0.2) is 42.5 Å². The lowest BCUT2D eigenvalue weighted by Gasteiger charge is -2.41. The molecule has 0 heterocycles. The fraction of sp³-hybridized carbons (Fsp3) is 0.500. The zero-order chi connectivity index (χ0) is 23.6. The van der Waals surface area contributed by atoms with Crippen LogP contribution < -0.4 is 14.8 Å². The van der Waals surface area contributed by atoms with Gasteiger partial charge in [-0.2, -0.15) is 13.2 Å². The number of fused-ring (bicyclic) bond motifs is 1. The van der Waals surface area contributed by atoms with Gasteiger partial charge in [-0.1, -0.05) is 24.3 Å². The van der Waals surface area contributed by atoms with Crippen molar-refractivity contribution in [3.63, 3.8) is 0 Å². The predicted molar refractivity (Wildman–Crippen MR) is 121 cm³/mol. The smallest absolute Gasteiger partial charge is 0.416 e. The third-order valence-corrected chi connectivity index (χ3v) is 7.59. The summed E-state index contributed by atoms with van der Waals surface area (Å²) in [6.45, 7) is 0.413. The molecule has 0 saturated heterocycles. The van der Waals surface area contributed by atoms with Crippen LogP contribution in [0.4, 0.5) is 13.2 Å². The average molecular weight is 483 g/mol. The summed E-state index contributed by atoms with van der Waals surface area (Å²) in [5.74, 6) is 0.743. The number of hydrogen-bond donors (Lipinski definition) is 3. The SMILES string of the molecule is CNC1Cc2ccc(OCCC3(NS(=O)O)CCC3)cc2C1Cc1cccc(C(F)(F)F)c1. The van der Waals surface area contributed by atoms with Gasteiger partial charge in [0.05, 0.1) is 12.2 Å². The highest BCUT2D eigenvalue weighted by Gasteiger charge is 2.38. The van der Waals surface area contributed by atoms with E-state index < -0.39 is 23.0 Å². The normalized spacial score (nSPS) is 22.5. The van der Waals surface area contributed by atoms with E-state index in [1.807, 2.05) is 25.2 Å². The summed E-state index contributed by atoms with van der Waals surface area (Å²) in [6.07, 6.45) is 0.287. The second kappa shape index (κ2) is 9.74. The summed E-state index contributed by atoms with van der Waals surface area (Å²) in [5, 5.41) is 3.32. The first-order chi connectivity index (χ1) is 15.7. The molecule has 3 atom stereocenters. The van der Waals surface area contributed by atoms with Crippen LogP contribution in [0.1, 0.15) is 53.9 Å². The third kappa shape index (κ3) is 5.59. The molecule has 0 radical (unpaired) electrons. The number of nitrogens with one attached hydrogen (secondary N) is 2. The quantitative estimate of drug-likeness (QED) is 0.457. The monoisotopic (exact) mass is 482 g/mol. The topological polar surface area (TPSA) is 70.6 Å². The van der Waals surface area contributed by atoms with Gasteiger partial charge in [0.1, 0.15) is 5.75 Å². The van der Waals surface area contributed by atoms with E-state index in [1.165, 1.54) is 17.7 Å². The molecule has 2 aliphatic carbocycles. The van der Waals surface area contributed by atoms with E-state index in [-0.39, 0.29) is 17.5 Å². The first kappa shape index (κ1) is 24.2. The Labute approximate surface area is 194 Å². The number of likely N-dealkylation sites (N-methyl/N-ethyl adjacent to an activating group) is 1. The maximum Gasteiger partial charge on any atom is 0.416 e. The Balaban J connectivity index is 1.47. The second-order valence-electron chi connectivity index (χ2n) is 9.05. The summed E-state index contributed by atoms with van der Waals surface area (Å²) in [5.41, 5.74) is 1.95. The van der Waals surface area contributed by atoms with Gasteiger partial charge in [0, 0.05) is 23.9 Å². The molecule has 3 unspecified atom stereocenters. The molecule has 2 aromatic carbocycles. The Morgan fingerprint density at radius 3 is 2.64 bits per heavy atom. The van der Waals surface area contributed by atoms with Crippen LogP contribution in [-0.2, 0) is 30.3 Å². The molecule has 1 fully saturated rings. The molecule has 1 saturated carbocycles.